The van der Waals surface area contributed by atoms with E-state index in [1.54, 1.807) is 12.1 Å². The maximum absolute atomic E-state index is 12.5. The van der Waals surface area contributed by atoms with Gasteiger partial charge in [-0.3, -0.25) is 14.2 Å². The Morgan fingerprint density at radius 3 is 2.91 bits per heavy atom. The van der Waals surface area contributed by atoms with Crippen LogP contribution in [0.15, 0.2) is 29.3 Å². The van der Waals surface area contributed by atoms with E-state index in [4.69, 9.17) is 5.11 Å². The van der Waals surface area contributed by atoms with Crippen molar-refractivity contribution in [1.29, 1.82) is 0 Å². The second-order valence-electron chi connectivity index (χ2n) is 5.73. The summed E-state index contributed by atoms with van der Waals surface area (Å²) in [6.07, 6.45) is 2.46. The molecule has 2 aromatic rings. The number of rotatable bonds is 3. The molecule has 23 heavy (non-hydrogen) atoms. The molecule has 1 aromatic heterocycles. The van der Waals surface area contributed by atoms with E-state index in [9.17, 15) is 14.4 Å². The van der Waals surface area contributed by atoms with E-state index in [-0.39, 0.29) is 18.0 Å². The summed E-state index contributed by atoms with van der Waals surface area (Å²) in [5.74, 6) is -1.37. The first-order valence-corrected chi connectivity index (χ1v) is 7.46. The van der Waals surface area contributed by atoms with Crippen LogP contribution in [-0.4, -0.2) is 44.0 Å². The third kappa shape index (κ3) is 2.69. The van der Waals surface area contributed by atoms with Crippen LogP contribution in [0.2, 0.25) is 0 Å². The molecular formula is C16H17N3O4. The highest BCUT2D eigenvalue weighted by Gasteiger charge is 2.33. The van der Waals surface area contributed by atoms with Gasteiger partial charge in [-0.15, -0.1) is 0 Å². The van der Waals surface area contributed by atoms with Crippen LogP contribution in [0.4, 0.5) is 0 Å². The van der Waals surface area contributed by atoms with Crippen molar-refractivity contribution in [3.05, 3.63) is 40.4 Å². The first-order valence-electron chi connectivity index (χ1n) is 7.46. The van der Waals surface area contributed by atoms with Crippen molar-refractivity contribution in [3.63, 3.8) is 0 Å². The van der Waals surface area contributed by atoms with Gasteiger partial charge in [-0.1, -0.05) is 12.1 Å². The van der Waals surface area contributed by atoms with Gasteiger partial charge in [-0.2, -0.15) is 0 Å². The molecule has 1 amide bonds. The molecule has 2 heterocycles. The van der Waals surface area contributed by atoms with E-state index in [1.807, 2.05) is 13.0 Å². The quantitative estimate of drug-likeness (QED) is 0.903. The first-order chi connectivity index (χ1) is 11.0. The van der Waals surface area contributed by atoms with Crippen LogP contribution in [0, 0.1) is 6.92 Å². The van der Waals surface area contributed by atoms with E-state index in [0.29, 0.717) is 30.3 Å². The smallest absolute Gasteiger partial charge is 0.326 e. The number of hydrogen-bond donors (Lipinski definition) is 1. The number of benzene rings is 1. The van der Waals surface area contributed by atoms with Gasteiger partial charge in [0.2, 0.25) is 5.91 Å². The molecule has 0 aliphatic carbocycles. The van der Waals surface area contributed by atoms with Crippen LogP contribution < -0.4 is 5.56 Å². The number of para-hydroxylation sites is 1. The minimum Gasteiger partial charge on any atom is -0.480 e. The summed E-state index contributed by atoms with van der Waals surface area (Å²) < 4.78 is 1.24. The van der Waals surface area contributed by atoms with E-state index < -0.39 is 12.0 Å². The van der Waals surface area contributed by atoms with Crippen molar-refractivity contribution in [2.45, 2.75) is 32.4 Å². The minimum atomic E-state index is -1.00. The fourth-order valence-corrected chi connectivity index (χ4v) is 3.01. The van der Waals surface area contributed by atoms with Crippen molar-refractivity contribution in [1.82, 2.24) is 14.5 Å². The number of aryl methyl sites for hydroxylation is 1. The van der Waals surface area contributed by atoms with Gasteiger partial charge in [0.15, 0.2) is 0 Å². The Hall–Kier alpha value is -2.70. The lowest BCUT2D eigenvalue weighted by atomic mass is 10.1. The highest BCUT2D eigenvalue weighted by Crippen LogP contribution is 2.18. The molecule has 1 atom stereocenters. The summed E-state index contributed by atoms with van der Waals surface area (Å²) >= 11 is 0. The van der Waals surface area contributed by atoms with Gasteiger partial charge in [-0.05, 0) is 31.4 Å². The Morgan fingerprint density at radius 2 is 2.17 bits per heavy atom. The molecule has 1 saturated heterocycles. The highest BCUT2D eigenvalue weighted by atomic mass is 16.4. The zero-order valence-electron chi connectivity index (χ0n) is 12.7. The second kappa shape index (κ2) is 5.83. The Kier molecular flexibility index (Phi) is 3.85. The number of carboxylic acids is 1. The molecule has 1 N–H and O–H groups in total. The lowest BCUT2D eigenvalue weighted by Crippen LogP contribution is -2.43. The van der Waals surface area contributed by atoms with Crippen molar-refractivity contribution < 1.29 is 14.7 Å². The third-order valence-corrected chi connectivity index (χ3v) is 4.22. The SMILES string of the molecule is Cc1cccc2c(=O)n(CC(=O)N3CCCC3C(=O)O)cnc12. The average Bonchev–Trinajstić information content (AvgIpc) is 3.00. The predicted molar refractivity (Wildman–Crippen MR) is 83.1 cm³/mol. The summed E-state index contributed by atoms with van der Waals surface area (Å²) in [6, 6.07) is 4.52. The molecule has 120 valence electrons. The monoisotopic (exact) mass is 315 g/mol. The largest absolute Gasteiger partial charge is 0.480 e. The number of carbonyl (C=O) groups excluding carboxylic acids is 1. The first kappa shape index (κ1) is 15.2. The Bertz CT molecular complexity index is 843. The molecule has 1 aromatic carbocycles. The molecule has 0 saturated carbocycles. The van der Waals surface area contributed by atoms with E-state index >= 15 is 0 Å². The Morgan fingerprint density at radius 1 is 1.39 bits per heavy atom. The lowest BCUT2D eigenvalue weighted by molar-refractivity contribution is -0.148. The standard InChI is InChI=1S/C16H17N3O4/c1-10-4-2-5-11-14(10)17-9-18(15(11)21)8-13(20)19-7-3-6-12(19)16(22)23/h2,4-5,9,12H,3,6-8H2,1H3,(H,22,23). The molecule has 1 aliphatic heterocycles. The number of hydrogen-bond acceptors (Lipinski definition) is 4. The summed E-state index contributed by atoms with van der Waals surface area (Å²) in [4.78, 5) is 41.6. The number of fused-ring (bicyclic) bond motifs is 1. The molecule has 1 aliphatic rings. The number of nitrogens with zero attached hydrogens (tertiary/aromatic N) is 3. The average molecular weight is 315 g/mol. The van der Waals surface area contributed by atoms with Gasteiger partial charge in [0.1, 0.15) is 12.6 Å². The van der Waals surface area contributed by atoms with Gasteiger partial charge < -0.3 is 10.0 Å². The van der Waals surface area contributed by atoms with Gasteiger partial charge in [0.05, 0.1) is 17.2 Å². The maximum Gasteiger partial charge on any atom is 0.326 e. The topological polar surface area (TPSA) is 92.5 Å². The molecule has 3 rings (SSSR count). The fourth-order valence-electron chi connectivity index (χ4n) is 3.01. The summed E-state index contributed by atoms with van der Waals surface area (Å²) in [5.41, 5.74) is 1.22. The molecule has 7 nitrogen and oxygen atoms in total. The molecule has 0 bridgehead atoms. The molecule has 0 radical (unpaired) electrons. The molecule has 1 unspecified atom stereocenters. The number of aliphatic carboxylic acids is 1. The van der Waals surface area contributed by atoms with Crippen molar-refractivity contribution >= 4 is 22.8 Å². The van der Waals surface area contributed by atoms with Crippen LogP contribution in [0.3, 0.4) is 0 Å². The van der Waals surface area contributed by atoms with Gasteiger partial charge >= 0.3 is 5.97 Å². The van der Waals surface area contributed by atoms with E-state index in [2.05, 4.69) is 4.98 Å². The molecule has 7 heteroatoms. The van der Waals surface area contributed by atoms with Crippen LogP contribution >= 0.6 is 0 Å². The normalized spacial score (nSPS) is 17.6. The second-order valence-corrected chi connectivity index (χ2v) is 5.73. The number of likely N-dealkylation sites (tertiary alicyclic amines) is 1. The maximum atomic E-state index is 12.5. The van der Waals surface area contributed by atoms with Crippen LogP contribution in [0.1, 0.15) is 18.4 Å². The minimum absolute atomic E-state index is 0.195. The lowest BCUT2D eigenvalue weighted by Gasteiger charge is -2.21. The fraction of sp³-hybridized carbons (Fsp3) is 0.375. The zero-order chi connectivity index (χ0) is 16.6. The molecular weight excluding hydrogens is 298 g/mol. The van der Waals surface area contributed by atoms with Gasteiger partial charge in [-0.25, -0.2) is 9.78 Å². The number of carboxylic acid groups (broad SMARTS) is 1. The van der Waals surface area contributed by atoms with Crippen LogP contribution in [-0.2, 0) is 16.1 Å². The van der Waals surface area contributed by atoms with Gasteiger partial charge in [0, 0.05) is 6.54 Å². The number of aromatic nitrogens is 2. The van der Waals surface area contributed by atoms with Gasteiger partial charge in [0.25, 0.3) is 5.56 Å². The number of carbonyl (C=O) groups is 2. The number of amides is 1. The van der Waals surface area contributed by atoms with E-state index in [1.165, 1.54) is 15.8 Å². The predicted octanol–water partition coefficient (Wildman–Crippen LogP) is 0.781. The Balaban J connectivity index is 1.90. The van der Waals surface area contributed by atoms with E-state index in [0.717, 1.165) is 5.56 Å². The van der Waals surface area contributed by atoms with Crippen LogP contribution in [0.5, 0.6) is 0 Å². The molecule has 1 fully saturated rings. The zero-order valence-corrected chi connectivity index (χ0v) is 12.7. The van der Waals surface area contributed by atoms with Crippen molar-refractivity contribution in [2.24, 2.45) is 0 Å². The van der Waals surface area contributed by atoms with Crippen molar-refractivity contribution in [3.8, 4) is 0 Å². The summed E-state index contributed by atoms with van der Waals surface area (Å²) in [7, 11) is 0. The molecule has 0 spiro atoms. The van der Waals surface area contributed by atoms with Crippen LogP contribution in [0.25, 0.3) is 10.9 Å². The Labute approximate surface area is 132 Å². The summed E-state index contributed by atoms with van der Waals surface area (Å²) in [5, 5.41) is 9.61. The highest BCUT2D eigenvalue weighted by molar-refractivity contribution is 5.85. The van der Waals surface area contributed by atoms with Crippen molar-refractivity contribution in [2.75, 3.05) is 6.54 Å². The summed E-state index contributed by atoms with van der Waals surface area (Å²) in [6.45, 7) is 2.08. The third-order valence-electron chi connectivity index (χ3n) is 4.22.